The third kappa shape index (κ3) is 4.85. The Morgan fingerprint density at radius 1 is 1.04 bits per heavy atom. The maximum Gasteiger partial charge on any atom is 0.266 e. The molecule has 138 valence electrons. The number of nitrogens with zero attached hydrogens (tertiary/aromatic N) is 1. The van der Waals surface area contributed by atoms with Crippen molar-refractivity contribution in [3.05, 3.63) is 106 Å². The Bertz CT molecular complexity index is 1070. The molecule has 0 atom stereocenters. The van der Waals surface area contributed by atoms with E-state index in [0.29, 0.717) is 28.3 Å². The Hall–Kier alpha value is -3.42. The van der Waals surface area contributed by atoms with E-state index in [1.54, 1.807) is 60.7 Å². The van der Waals surface area contributed by atoms with Crippen LogP contribution in [0.2, 0.25) is 5.02 Å². The normalized spacial score (nSPS) is 11.0. The first-order valence-electron chi connectivity index (χ1n) is 8.57. The molecule has 3 nitrogen and oxygen atoms in total. The van der Waals surface area contributed by atoms with Crippen molar-refractivity contribution in [2.24, 2.45) is 0 Å². The van der Waals surface area contributed by atoms with Crippen molar-refractivity contribution in [2.75, 3.05) is 5.32 Å². The summed E-state index contributed by atoms with van der Waals surface area (Å²) in [6, 6.07) is 22.5. The number of halogens is 2. The van der Waals surface area contributed by atoms with Gasteiger partial charge in [0.05, 0.1) is 0 Å². The van der Waals surface area contributed by atoms with Gasteiger partial charge in [-0.1, -0.05) is 60.1 Å². The molecule has 0 aromatic heterocycles. The first kappa shape index (κ1) is 19.3. The lowest BCUT2D eigenvalue weighted by atomic mass is 10.0. The van der Waals surface area contributed by atoms with Crippen LogP contribution >= 0.6 is 11.6 Å². The Morgan fingerprint density at radius 3 is 2.43 bits per heavy atom. The van der Waals surface area contributed by atoms with Gasteiger partial charge in [-0.2, -0.15) is 5.26 Å². The molecule has 28 heavy (non-hydrogen) atoms. The van der Waals surface area contributed by atoms with Crippen LogP contribution in [0.3, 0.4) is 0 Å². The van der Waals surface area contributed by atoms with Gasteiger partial charge < -0.3 is 5.32 Å². The smallest absolute Gasteiger partial charge is 0.266 e. The van der Waals surface area contributed by atoms with Gasteiger partial charge in [-0.25, -0.2) is 4.39 Å². The molecule has 3 aromatic rings. The lowest BCUT2D eigenvalue weighted by Gasteiger charge is -2.07. The highest BCUT2D eigenvalue weighted by atomic mass is 35.5. The zero-order valence-corrected chi connectivity index (χ0v) is 15.6. The van der Waals surface area contributed by atoms with E-state index >= 15 is 0 Å². The van der Waals surface area contributed by atoms with E-state index in [0.717, 1.165) is 5.56 Å². The largest absolute Gasteiger partial charge is 0.321 e. The SMILES string of the molecule is N#C/C(=C\c1ccc(Cc2ccccc2F)c(Cl)c1)C(=O)Nc1ccccc1. The monoisotopic (exact) mass is 390 g/mol. The number of nitriles is 1. The highest BCUT2D eigenvalue weighted by Crippen LogP contribution is 2.23. The second kappa shape index (κ2) is 8.98. The van der Waals surface area contributed by atoms with Crippen LogP contribution in [0.5, 0.6) is 0 Å². The number of anilines is 1. The molecule has 0 aliphatic rings. The van der Waals surface area contributed by atoms with E-state index < -0.39 is 5.91 Å². The fraction of sp³-hybridized carbons (Fsp3) is 0.0435. The molecule has 0 spiro atoms. The van der Waals surface area contributed by atoms with Gasteiger partial charge in [-0.3, -0.25) is 4.79 Å². The van der Waals surface area contributed by atoms with Crippen LogP contribution in [0.25, 0.3) is 6.08 Å². The molecule has 0 radical (unpaired) electrons. The summed E-state index contributed by atoms with van der Waals surface area (Å²) in [5.41, 5.74) is 2.49. The summed E-state index contributed by atoms with van der Waals surface area (Å²) >= 11 is 6.33. The second-order valence-corrected chi connectivity index (χ2v) is 6.52. The third-order valence-corrected chi connectivity index (χ3v) is 4.48. The summed E-state index contributed by atoms with van der Waals surface area (Å²) in [7, 11) is 0. The molecule has 0 unspecified atom stereocenters. The van der Waals surface area contributed by atoms with Crippen molar-refractivity contribution in [3.63, 3.8) is 0 Å². The predicted octanol–water partition coefficient (Wildman–Crippen LogP) is 5.62. The molecule has 0 aliphatic heterocycles. The summed E-state index contributed by atoms with van der Waals surface area (Å²) in [6.45, 7) is 0. The Labute approximate surface area is 167 Å². The highest BCUT2D eigenvalue weighted by molar-refractivity contribution is 6.31. The van der Waals surface area contributed by atoms with Gasteiger partial charge in [0.25, 0.3) is 5.91 Å². The molecule has 3 rings (SSSR count). The lowest BCUT2D eigenvalue weighted by molar-refractivity contribution is -0.112. The zero-order chi connectivity index (χ0) is 19.9. The van der Waals surface area contributed by atoms with Gasteiger partial charge in [0.2, 0.25) is 0 Å². The minimum absolute atomic E-state index is 0.0400. The fourth-order valence-electron chi connectivity index (χ4n) is 2.68. The highest BCUT2D eigenvalue weighted by Gasteiger charge is 2.11. The molecule has 0 heterocycles. The van der Waals surface area contributed by atoms with Gasteiger partial charge in [0, 0.05) is 17.1 Å². The maximum atomic E-state index is 13.8. The fourth-order valence-corrected chi connectivity index (χ4v) is 2.93. The van der Waals surface area contributed by atoms with Gasteiger partial charge in [-0.15, -0.1) is 0 Å². The molecule has 3 aromatic carbocycles. The zero-order valence-electron chi connectivity index (χ0n) is 14.8. The quantitative estimate of drug-likeness (QED) is 0.454. The third-order valence-electron chi connectivity index (χ3n) is 4.12. The average Bonchev–Trinajstić information content (AvgIpc) is 2.70. The number of hydrogen-bond donors (Lipinski definition) is 1. The van der Waals surface area contributed by atoms with Gasteiger partial charge >= 0.3 is 0 Å². The van der Waals surface area contributed by atoms with E-state index in [-0.39, 0.29) is 11.4 Å². The Balaban J connectivity index is 1.79. The summed E-state index contributed by atoms with van der Waals surface area (Å²) < 4.78 is 13.8. The van der Waals surface area contributed by atoms with Crippen LogP contribution in [0.15, 0.2) is 78.4 Å². The number of amides is 1. The van der Waals surface area contributed by atoms with E-state index in [9.17, 15) is 14.4 Å². The molecule has 0 aliphatic carbocycles. The van der Waals surface area contributed by atoms with Crippen molar-refractivity contribution in [3.8, 4) is 6.07 Å². The van der Waals surface area contributed by atoms with Crippen LogP contribution in [0.1, 0.15) is 16.7 Å². The van der Waals surface area contributed by atoms with Crippen molar-refractivity contribution in [2.45, 2.75) is 6.42 Å². The number of carbonyl (C=O) groups excluding carboxylic acids is 1. The summed E-state index contributed by atoms with van der Waals surface area (Å²) in [5.74, 6) is -0.785. The van der Waals surface area contributed by atoms with Crippen molar-refractivity contribution in [1.29, 1.82) is 5.26 Å². The van der Waals surface area contributed by atoms with Crippen LogP contribution in [0.4, 0.5) is 10.1 Å². The van der Waals surface area contributed by atoms with E-state index in [4.69, 9.17) is 11.6 Å². The molecule has 1 N–H and O–H groups in total. The Morgan fingerprint density at radius 2 is 1.75 bits per heavy atom. The molecular formula is C23H16ClFN2O. The molecule has 0 saturated carbocycles. The number of benzene rings is 3. The van der Waals surface area contributed by atoms with Gasteiger partial charge in [0.1, 0.15) is 17.5 Å². The number of rotatable bonds is 5. The van der Waals surface area contributed by atoms with E-state index in [1.165, 1.54) is 12.1 Å². The van der Waals surface area contributed by atoms with Crippen LogP contribution in [-0.4, -0.2) is 5.91 Å². The molecule has 0 bridgehead atoms. The van der Waals surface area contributed by atoms with Crippen LogP contribution < -0.4 is 5.32 Å². The summed E-state index contributed by atoms with van der Waals surface area (Å²) in [6.07, 6.45) is 1.83. The number of nitrogens with one attached hydrogen (secondary N) is 1. The topological polar surface area (TPSA) is 52.9 Å². The number of para-hydroxylation sites is 1. The molecular weight excluding hydrogens is 375 g/mol. The van der Waals surface area contributed by atoms with Gasteiger partial charge in [0.15, 0.2) is 0 Å². The molecule has 1 amide bonds. The minimum Gasteiger partial charge on any atom is -0.321 e. The summed E-state index contributed by atoms with van der Waals surface area (Å²) in [5, 5.41) is 12.4. The van der Waals surface area contributed by atoms with Crippen molar-refractivity contribution < 1.29 is 9.18 Å². The van der Waals surface area contributed by atoms with Crippen LogP contribution in [-0.2, 0) is 11.2 Å². The number of hydrogen-bond acceptors (Lipinski definition) is 2. The maximum absolute atomic E-state index is 13.8. The van der Waals surface area contributed by atoms with E-state index in [2.05, 4.69) is 5.32 Å². The molecule has 0 saturated heterocycles. The van der Waals surface area contributed by atoms with Crippen molar-refractivity contribution >= 4 is 29.3 Å². The Kier molecular flexibility index (Phi) is 6.21. The van der Waals surface area contributed by atoms with Gasteiger partial charge in [-0.05, 0) is 47.0 Å². The first-order valence-corrected chi connectivity index (χ1v) is 8.94. The summed E-state index contributed by atoms with van der Waals surface area (Å²) in [4.78, 5) is 12.3. The average molecular weight is 391 g/mol. The van der Waals surface area contributed by atoms with E-state index in [1.807, 2.05) is 12.1 Å². The predicted molar refractivity (Wildman–Crippen MR) is 109 cm³/mol. The molecule has 0 fully saturated rings. The first-order chi connectivity index (χ1) is 13.6. The minimum atomic E-state index is -0.500. The van der Waals surface area contributed by atoms with Crippen molar-refractivity contribution in [1.82, 2.24) is 0 Å². The van der Waals surface area contributed by atoms with Crippen LogP contribution in [0, 0.1) is 17.1 Å². The number of carbonyl (C=O) groups is 1. The second-order valence-electron chi connectivity index (χ2n) is 6.11. The standard InChI is InChI=1S/C23H16ClFN2O/c24-21-13-16(10-11-17(21)14-18-6-4-5-9-22(18)25)12-19(15-26)23(28)27-20-7-2-1-3-8-20/h1-13H,14H2,(H,27,28)/b19-12+. The molecule has 5 heteroatoms. The lowest BCUT2D eigenvalue weighted by Crippen LogP contribution is -2.13.